The molecule has 1 unspecified atom stereocenters. The molecule has 0 aromatic carbocycles. The van der Waals surface area contributed by atoms with Crippen molar-refractivity contribution in [3.63, 3.8) is 0 Å². The molecule has 1 saturated heterocycles. The highest BCUT2D eigenvalue weighted by molar-refractivity contribution is 5.78. The molecule has 4 heteroatoms. The van der Waals surface area contributed by atoms with Crippen molar-refractivity contribution in [2.75, 3.05) is 19.7 Å². The molecular formula is C10H20N2O2. The van der Waals surface area contributed by atoms with Crippen LogP contribution in [0.1, 0.15) is 26.7 Å². The molecular weight excluding hydrogens is 180 g/mol. The standard InChI is InChI=1S/C10H20N2O2/c1-8(2)10(13)12-5-3-4-9(6-12)7-14-11/h8-9H,3-7,11H2,1-2H3. The van der Waals surface area contributed by atoms with Gasteiger partial charge in [-0.1, -0.05) is 13.8 Å². The highest BCUT2D eigenvalue weighted by atomic mass is 16.6. The molecule has 1 rings (SSSR count). The number of nitrogens with zero attached hydrogens (tertiary/aromatic N) is 1. The lowest BCUT2D eigenvalue weighted by molar-refractivity contribution is -0.136. The van der Waals surface area contributed by atoms with Crippen molar-refractivity contribution in [2.24, 2.45) is 17.7 Å². The minimum absolute atomic E-state index is 0.0903. The number of carbonyl (C=O) groups excluding carboxylic acids is 1. The second-order valence-corrected chi connectivity index (χ2v) is 4.28. The van der Waals surface area contributed by atoms with Crippen LogP contribution in [0.15, 0.2) is 0 Å². The molecule has 0 radical (unpaired) electrons. The molecule has 82 valence electrons. The molecule has 0 bridgehead atoms. The van der Waals surface area contributed by atoms with Crippen molar-refractivity contribution < 1.29 is 9.63 Å². The minimum atomic E-state index is 0.0903. The van der Waals surface area contributed by atoms with E-state index in [-0.39, 0.29) is 11.8 Å². The number of amides is 1. The molecule has 1 aliphatic rings. The lowest BCUT2D eigenvalue weighted by atomic mass is 9.98. The van der Waals surface area contributed by atoms with E-state index in [1.54, 1.807) is 0 Å². The predicted octanol–water partition coefficient (Wildman–Crippen LogP) is 0.771. The summed E-state index contributed by atoms with van der Waals surface area (Å²) in [6.45, 7) is 6.12. The van der Waals surface area contributed by atoms with Gasteiger partial charge in [-0.2, -0.15) is 0 Å². The highest BCUT2D eigenvalue weighted by Gasteiger charge is 2.24. The number of piperidine rings is 1. The Morgan fingerprint density at radius 1 is 1.64 bits per heavy atom. The van der Waals surface area contributed by atoms with Crippen LogP contribution >= 0.6 is 0 Å². The topological polar surface area (TPSA) is 55.6 Å². The molecule has 0 aromatic heterocycles. The summed E-state index contributed by atoms with van der Waals surface area (Å²) >= 11 is 0. The molecule has 1 amide bonds. The van der Waals surface area contributed by atoms with Crippen LogP contribution in [0.3, 0.4) is 0 Å². The zero-order valence-electron chi connectivity index (χ0n) is 9.03. The van der Waals surface area contributed by atoms with Crippen molar-refractivity contribution in [2.45, 2.75) is 26.7 Å². The van der Waals surface area contributed by atoms with Gasteiger partial charge in [-0.15, -0.1) is 0 Å². The number of rotatable bonds is 3. The molecule has 4 nitrogen and oxygen atoms in total. The molecule has 1 aliphatic heterocycles. The lowest BCUT2D eigenvalue weighted by Gasteiger charge is -2.33. The molecule has 2 N–H and O–H groups in total. The molecule has 0 spiro atoms. The van der Waals surface area contributed by atoms with Crippen LogP contribution in [0, 0.1) is 11.8 Å². The Morgan fingerprint density at radius 3 is 2.93 bits per heavy atom. The van der Waals surface area contributed by atoms with Gasteiger partial charge in [0.1, 0.15) is 0 Å². The van der Waals surface area contributed by atoms with E-state index in [0.29, 0.717) is 12.5 Å². The second-order valence-electron chi connectivity index (χ2n) is 4.28. The molecule has 0 saturated carbocycles. The van der Waals surface area contributed by atoms with Gasteiger partial charge < -0.3 is 9.74 Å². The Kier molecular flexibility index (Phi) is 4.35. The number of likely N-dealkylation sites (tertiary alicyclic amines) is 1. The van der Waals surface area contributed by atoms with Gasteiger partial charge in [0, 0.05) is 24.9 Å². The number of nitrogens with two attached hydrogens (primary N) is 1. The molecule has 14 heavy (non-hydrogen) atoms. The second kappa shape index (κ2) is 5.32. The first-order valence-electron chi connectivity index (χ1n) is 5.25. The van der Waals surface area contributed by atoms with Gasteiger partial charge >= 0.3 is 0 Å². The van der Waals surface area contributed by atoms with E-state index in [1.165, 1.54) is 0 Å². The van der Waals surface area contributed by atoms with Crippen LogP contribution in [0.4, 0.5) is 0 Å². The fourth-order valence-corrected chi connectivity index (χ4v) is 1.90. The number of hydrogen-bond donors (Lipinski definition) is 1. The van der Waals surface area contributed by atoms with E-state index >= 15 is 0 Å². The maximum atomic E-state index is 11.7. The van der Waals surface area contributed by atoms with E-state index in [2.05, 4.69) is 4.84 Å². The van der Waals surface area contributed by atoms with Crippen LogP contribution in [0.5, 0.6) is 0 Å². The van der Waals surface area contributed by atoms with Crippen LogP contribution < -0.4 is 5.90 Å². The van der Waals surface area contributed by atoms with E-state index in [0.717, 1.165) is 25.9 Å². The number of hydrogen-bond acceptors (Lipinski definition) is 3. The summed E-state index contributed by atoms with van der Waals surface area (Å²) in [5.41, 5.74) is 0. The van der Waals surface area contributed by atoms with Crippen LogP contribution in [-0.2, 0) is 9.63 Å². The fraction of sp³-hybridized carbons (Fsp3) is 0.900. The summed E-state index contributed by atoms with van der Waals surface area (Å²) in [5.74, 6) is 5.78. The predicted molar refractivity (Wildman–Crippen MR) is 54.3 cm³/mol. The van der Waals surface area contributed by atoms with Gasteiger partial charge in [0.2, 0.25) is 5.91 Å². The summed E-state index contributed by atoms with van der Waals surface area (Å²) in [5, 5.41) is 0. The average molecular weight is 200 g/mol. The zero-order chi connectivity index (χ0) is 10.6. The summed E-state index contributed by atoms with van der Waals surface area (Å²) in [6.07, 6.45) is 2.17. The van der Waals surface area contributed by atoms with Crippen molar-refractivity contribution in [3.05, 3.63) is 0 Å². The van der Waals surface area contributed by atoms with Crippen LogP contribution in [-0.4, -0.2) is 30.5 Å². The smallest absolute Gasteiger partial charge is 0.225 e. The van der Waals surface area contributed by atoms with Gasteiger partial charge in [0.15, 0.2) is 0 Å². The van der Waals surface area contributed by atoms with Gasteiger partial charge in [-0.3, -0.25) is 4.79 Å². The van der Waals surface area contributed by atoms with E-state index in [9.17, 15) is 4.79 Å². The molecule has 1 fully saturated rings. The average Bonchev–Trinajstić information content (AvgIpc) is 2.17. The maximum absolute atomic E-state index is 11.7. The third-order valence-electron chi connectivity index (χ3n) is 2.66. The Balaban J connectivity index is 2.43. The third kappa shape index (κ3) is 2.96. The monoisotopic (exact) mass is 200 g/mol. The Hall–Kier alpha value is -0.610. The van der Waals surface area contributed by atoms with Crippen molar-refractivity contribution in [1.82, 2.24) is 4.90 Å². The molecule has 0 aliphatic carbocycles. The van der Waals surface area contributed by atoms with Gasteiger partial charge in [0.05, 0.1) is 6.61 Å². The molecule has 1 heterocycles. The van der Waals surface area contributed by atoms with E-state index < -0.39 is 0 Å². The summed E-state index contributed by atoms with van der Waals surface area (Å²) < 4.78 is 0. The fourth-order valence-electron chi connectivity index (χ4n) is 1.90. The lowest BCUT2D eigenvalue weighted by Crippen LogP contribution is -2.43. The SMILES string of the molecule is CC(C)C(=O)N1CCCC(CON)C1. The highest BCUT2D eigenvalue weighted by Crippen LogP contribution is 2.18. The largest absolute Gasteiger partial charge is 0.342 e. The Morgan fingerprint density at radius 2 is 2.36 bits per heavy atom. The quantitative estimate of drug-likeness (QED) is 0.685. The maximum Gasteiger partial charge on any atom is 0.225 e. The minimum Gasteiger partial charge on any atom is -0.342 e. The first-order valence-corrected chi connectivity index (χ1v) is 5.25. The van der Waals surface area contributed by atoms with Crippen LogP contribution in [0.25, 0.3) is 0 Å². The normalized spacial score (nSPS) is 22.9. The van der Waals surface area contributed by atoms with Crippen molar-refractivity contribution >= 4 is 5.91 Å². The molecule has 0 aromatic rings. The van der Waals surface area contributed by atoms with Crippen molar-refractivity contribution in [3.8, 4) is 0 Å². The summed E-state index contributed by atoms with van der Waals surface area (Å²) in [6, 6.07) is 0. The Bertz CT molecular complexity index is 193. The van der Waals surface area contributed by atoms with E-state index in [4.69, 9.17) is 5.90 Å². The Labute approximate surface area is 85.3 Å². The third-order valence-corrected chi connectivity index (χ3v) is 2.66. The molecule has 1 atom stereocenters. The number of carbonyl (C=O) groups is 1. The van der Waals surface area contributed by atoms with Crippen LogP contribution in [0.2, 0.25) is 0 Å². The van der Waals surface area contributed by atoms with E-state index in [1.807, 2.05) is 18.7 Å². The van der Waals surface area contributed by atoms with Gasteiger partial charge in [-0.05, 0) is 12.8 Å². The first-order chi connectivity index (χ1) is 6.65. The first kappa shape index (κ1) is 11.5. The van der Waals surface area contributed by atoms with Gasteiger partial charge in [-0.25, -0.2) is 5.90 Å². The summed E-state index contributed by atoms with van der Waals surface area (Å²) in [7, 11) is 0. The van der Waals surface area contributed by atoms with Gasteiger partial charge in [0.25, 0.3) is 0 Å². The zero-order valence-corrected chi connectivity index (χ0v) is 9.03. The summed E-state index contributed by atoms with van der Waals surface area (Å²) in [4.78, 5) is 18.3. The van der Waals surface area contributed by atoms with Crippen molar-refractivity contribution in [1.29, 1.82) is 0 Å².